The molecule has 10 fully saturated rings. The Kier molecular flexibility index (Phi) is 38.7. The highest BCUT2D eigenvalue weighted by molar-refractivity contribution is 7.80. The van der Waals surface area contributed by atoms with Crippen molar-refractivity contribution in [1.29, 1.82) is 0 Å². The zero-order valence-corrected chi connectivity index (χ0v) is 84.5. The second-order valence-corrected chi connectivity index (χ2v) is 39.7. The van der Waals surface area contributed by atoms with Crippen LogP contribution in [0.5, 0.6) is 0 Å². The van der Waals surface area contributed by atoms with Crippen LogP contribution in [0.15, 0.2) is 154 Å². The lowest BCUT2D eigenvalue weighted by molar-refractivity contribution is -0.143. The van der Waals surface area contributed by atoms with E-state index in [1.807, 2.05) is 137 Å². The standard InChI is InChI=1S/C18H23N3O4.2C17H20N4O2S.C14H22N4O4.C14H16N2O4.C10H15N7O6S.C3H8N2O/c1-2-15(22)10-19-17(23)16-9-8-14-11-20(16)18(24)21(14)25-12-13-6-4-3-5-7-13;2*1-2-15-18-19-16(24-15)14-9-8-13-10-20(14)17(22)21(13)23-11-12-6-4-3-5-7-12;1-13(2,3)21-11(19)16-10(18-9-7-8-15-18)17-12(20)22-14(4,5)6;17-13(18)12-7-6-11-8-15(12)14(19)16(11)20-9-10-4-2-1-3-5-10;11-9(12)13-3-7-14-15-8(22-7)6-2-1-5-4-16(6)10(18)17(5)23-24(19,20)21;1-2-3(6)5-4/h3-7,14,16H,2,8-12H2,1H3,(H,19,23);2*3-7,13-14H,2,8-11H2,1H3;7-9H,1-6H3,(H,16,17,19,20);1-5,11-12H,6-9H2,(H,17,18);5-6H,1-4H2,(H4,11,12,13)(H,19,20,21);2,4H2,1H3,(H,5,6)/t14-,16+;2*13-,14+;;11-,12+;5-,6+;/m111.11./s1. The third-order valence-electron chi connectivity index (χ3n) is 23.8. The molecular formula is C93H124N26O23S3. The lowest BCUT2D eigenvalue weighted by Crippen LogP contribution is -2.50. The Labute approximate surface area is 845 Å². The summed E-state index contributed by atoms with van der Waals surface area (Å²) in [5.74, 6) is 3.46. The fourth-order valence-corrected chi connectivity index (χ4v) is 19.0. The molecule has 18 rings (SSSR count). The highest BCUT2D eigenvalue weighted by Crippen LogP contribution is 2.43. The van der Waals surface area contributed by atoms with Crippen molar-refractivity contribution in [2.75, 3.05) is 39.3 Å². The molecule has 8 aromatic rings. The lowest BCUT2D eigenvalue weighted by atomic mass is 10.0. The third-order valence-corrected chi connectivity index (χ3v) is 26.5. The average molecular weight is 2070 g/mol. The quantitative estimate of drug-likeness (QED) is 0.00592. The minimum Gasteiger partial charge on any atom is -0.480 e. The molecule has 145 heavy (non-hydrogen) atoms. The van der Waals surface area contributed by atoms with Gasteiger partial charge in [-0.05, 0) is 147 Å². The first-order valence-electron chi connectivity index (χ1n) is 47.5. The number of ketones is 1. The van der Waals surface area contributed by atoms with Crippen LogP contribution < -0.4 is 33.4 Å². The molecule has 10 atom stereocenters. The highest BCUT2D eigenvalue weighted by atomic mass is 32.3. The van der Waals surface area contributed by atoms with Gasteiger partial charge in [-0.2, -0.15) is 38.8 Å². The van der Waals surface area contributed by atoms with Gasteiger partial charge in [-0.25, -0.2) is 53.9 Å². The molecule has 52 heteroatoms. The van der Waals surface area contributed by atoms with Gasteiger partial charge in [0.05, 0.1) is 48.8 Å². The van der Waals surface area contributed by atoms with Gasteiger partial charge < -0.3 is 60.3 Å². The third kappa shape index (κ3) is 30.6. The van der Waals surface area contributed by atoms with Gasteiger partial charge in [-0.15, -0.1) is 39.9 Å². The number of rotatable bonds is 27. The maximum atomic E-state index is 12.8. The number of aliphatic carboxylic acids is 1. The Balaban J connectivity index is 0.000000153. The van der Waals surface area contributed by atoms with Crippen molar-refractivity contribution >= 4 is 111 Å². The minimum absolute atomic E-state index is 0.0105. The van der Waals surface area contributed by atoms with Crippen molar-refractivity contribution in [2.24, 2.45) is 27.3 Å². The summed E-state index contributed by atoms with van der Waals surface area (Å²) in [7, 11) is -4.78. The fraction of sp³-hybridized carbons (Fsp3) is 0.505. The number of nitrogens with one attached hydrogen (secondary N) is 3. The van der Waals surface area contributed by atoms with E-state index in [1.54, 1.807) is 99.2 Å². The van der Waals surface area contributed by atoms with Crippen LogP contribution in [0, 0.1) is 0 Å². The summed E-state index contributed by atoms with van der Waals surface area (Å²) >= 11 is 3.23. The molecule has 10 bridgehead atoms. The number of carboxylic acids is 1. The van der Waals surface area contributed by atoms with Gasteiger partial charge in [0.2, 0.25) is 29.6 Å². The zero-order valence-electron chi connectivity index (χ0n) is 82.1. The number of alkyl carbamates (subject to hydrolysis) is 1. The molecule has 4 aromatic carbocycles. The predicted molar refractivity (Wildman–Crippen MR) is 520 cm³/mol. The van der Waals surface area contributed by atoms with Crippen LogP contribution in [0.4, 0.5) is 33.6 Å². The van der Waals surface area contributed by atoms with Gasteiger partial charge in [0.25, 0.3) is 0 Å². The van der Waals surface area contributed by atoms with E-state index in [0.29, 0.717) is 109 Å². The number of Topliss-reactive ketones (excluding diaryl/α,β-unsaturated/α-hetero) is 1. The number of hydrogen-bond donors (Lipinski definition) is 8. The van der Waals surface area contributed by atoms with E-state index >= 15 is 0 Å². The van der Waals surface area contributed by atoms with Crippen LogP contribution in [0.25, 0.3) is 0 Å². The molecule has 0 unspecified atom stereocenters. The molecule has 4 aromatic heterocycles. The summed E-state index contributed by atoms with van der Waals surface area (Å²) in [6.07, 6.45) is 11.1. The van der Waals surface area contributed by atoms with Crippen molar-refractivity contribution in [3.63, 3.8) is 0 Å². The van der Waals surface area contributed by atoms with Gasteiger partial charge in [0, 0.05) is 58.0 Å². The molecule has 782 valence electrons. The maximum absolute atomic E-state index is 12.8. The van der Waals surface area contributed by atoms with Crippen LogP contribution in [0.2, 0.25) is 0 Å². The topological polar surface area (TPSA) is 607 Å². The summed E-state index contributed by atoms with van der Waals surface area (Å²) < 4.78 is 51.7. The molecule has 14 amide bonds. The molecule has 10 aliphatic rings. The van der Waals surface area contributed by atoms with E-state index in [-0.39, 0.29) is 121 Å². The Hall–Kier alpha value is -13.9. The number of benzene rings is 4. The number of hydrazine groups is 1. The summed E-state index contributed by atoms with van der Waals surface area (Å²) in [5, 5.41) is 53.2. The van der Waals surface area contributed by atoms with Gasteiger partial charge in [-0.1, -0.05) is 172 Å². The first-order valence-corrected chi connectivity index (χ1v) is 50.5. The number of amides is 14. The number of urea groups is 5. The molecule has 10 aliphatic heterocycles. The van der Waals surface area contributed by atoms with E-state index in [9.17, 15) is 61.2 Å². The van der Waals surface area contributed by atoms with E-state index in [1.165, 1.54) is 37.0 Å². The molecule has 0 spiro atoms. The summed E-state index contributed by atoms with van der Waals surface area (Å²) in [6, 6.07) is 37.3. The van der Waals surface area contributed by atoms with Crippen LogP contribution in [0.1, 0.15) is 218 Å². The first-order chi connectivity index (χ1) is 69.3. The Morgan fingerprint density at radius 3 is 1.28 bits per heavy atom. The van der Waals surface area contributed by atoms with E-state index in [2.05, 4.69) is 80.3 Å². The Bertz CT molecular complexity index is 5750. The number of hydrogen-bond acceptors (Lipinski definition) is 32. The molecule has 0 aliphatic carbocycles. The number of fused-ring (bicyclic) bond motifs is 10. The Morgan fingerprint density at radius 1 is 0.503 bits per heavy atom. The number of nitrogens with zero attached hydrogens (tertiary/aromatic N) is 20. The number of hydroxylamine groups is 10. The molecule has 11 N–H and O–H groups in total. The van der Waals surface area contributed by atoms with Crippen molar-refractivity contribution in [3.05, 3.63) is 194 Å². The number of ether oxygens (including phenoxy) is 2. The van der Waals surface area contributed by atoms with E-state index < -0.39 is 70.0 Å². The normalized spacial score (nSPS) is 21.1. The van der Waals surface area contributed by atoms with Gasteiger partial charge in [-0.3, -0.25) is 49.0 Å². The number of nitrogens with two attached hydrogens (primary N) is 3. The van der Waals surface area contributed by atoms with Crippen molar-refractivity contribution in [2.45, 2.75) is 264 Å². The maximum Gasteiger partial charge on any atom is 0.437 e. The number of guanidine groups is 1. The number of aromatic nitrogens is 8. The van der Waals surface area contributed by atoms with Crippen molar-refractivity contribution in [3.8, 4) is 0 Å². The van der Waals surface area contributed by atoms with Gasteiger partial charge in [0.15, 0.2) is 11.7 Å². The van der Waals surface area contributed by atoms with E-state index in [4.69, 9.17) is 54.4 Å². The number of aryl methyl sites for hydroxylation is 2. The summed E-state index contributed by atoms with van der Waals surface area (Å²) in [4.78, 5) is 169. The number of carboxylic acid groups (broad SMARTS) is 1. The van der Waals surface area contributed by atoms with Gasteiger partial charge in [0.1, 0.15) is 82.3 Å². The average Bonchev–Trinajstić information content (AvgIpc) is 1.61. The summed E-state index contributed by atoms with van der Waals surface area (Å²) in [6.45, 7) is 22.0. The largest absolute Gasteiger partial charge is 0.480 e. The van der Waals surface area contributed by atoms with Crippen LogP contribution in [-0.4, -0.2) is 279 Å². The van der Waals surface area contributed by atoms with Gasteiger partial charge >= 0.3 is 58.7 Å². The van der Waals surface area contributed by atoms with Crippen LogP contribution in [0.3, 0.4) is 0 Å². The van der Waals surface area contributed by atoms with Crippen molar-refractivity contribution < 1.29 is 108 Å². The second kappa shape index (κ2) is 51.1. The fourth-order valence-electron chi connectivity index (χ4n) is 16.7. The molecule has 0 saturated carbocycles. The molecule has 49 nitrogen and oxygen atoms in total. The number of carbonyl (C=O) groups is 11. The first kappa shape index (κ1) is 110. The molecule has 14 heterocycles. The predicted octanol–water partition coefficient (Wildman–Crippen LogP) is 9.75. The number of aliphatic imine (C=N–C) groups is 2. The van der Waals surface area contributed by atoms with Crippen LogP contribution >= 0.6 is 22.7 Å². The Morgan fingerprint density at radius 2 is 0.903 bits per heavy atom. The van der Waals surface area contributed by atoms with Crippen molar-refractivity contribution in [1.82, 2.24) is 106 Å². The monoisotopic (exact) mass is 2070 g/mol. The molecular weight excluding hydrogens is 1950 g/mol. The smallest absolute Gasteiger partial charge is 0.437 e. The zero-order chi connectivity index (χ0) is 104. The number of piperidine rings is 5. The molecule has 10 saturated heterocycles. The summed E-state index contributed by atoms with van der Waals surface area (Å²) in [5.41, 5.74) is 15.1. The van der Waals surface area contributed by atoms with E-state index in [0.717, 1.165) is 80.8 Å². The molecule has 0 radical (unpaired) electrons. The lowest BCUT2D eigenvalue weighted by Gasteiger charge is -2.29. The SMILES string of the molecule is CC(C)(C)OC(=O)N=C(NC(=O)OC(C)(C)C)n1cccn1.CCC(=O)CNC(=O)[C@@H]1CC[C@@H]2CN1C(=O)N2OCc1ccccc1.CCC(=O)NN.CCc1nnc([C@@H]2CC[C@@H]3CN2C(=O)N3OCc2ccccc2)s1.CCc1nnc([C@@H]2CC[C@@H]3CN2C(=O)N3OCc2ccccc2)s1.NC(N)=NCc1nnc([C@@H]2CC[C@@H]3CN2C(=O)N3OS(=O)(=O)O)o1.O=C(O)[C@@H]1CC[C@@H]2CN1C(=O)N2OCc1ccccc1. The minimum atomic E-state index is -4.78. The van der Waals surface area contributed by atoms with Crippen LogP contribution in [-0.2, 0) is 108 Å². The highest BCUT2D eigenvalue weighted by Gasteiger charge is 2.53. The number of carbonyl (C=O) groups excluding carboxylic acids is 10. The second-order valence-electron chi connectivity index (χ2n) is 36.5.